The molecule has 0 spiro atoms. The maximum absolute atomic E-state index is 5.73. The monoisotopic (exact) mass is 200 g/mol. The van der Waals surface area contributed by atoms with Crippen LogP contribution in [0, 0.1) is 5.92 Å². The van der Waals surface area contributed by atoms with E-state index in [0.717, 1.165) is 32.8 Å². The molecule has 0 aromatic rings. The van der Waals surface area contributed by atoms with Gasteiger partial charge in [-0.3, -0.25) is 4.90 Å². The van der Waals surface area contributed by atoms with Crippen molar-refractivity contribution in [2.45, 2.75) is 32.7 Å². The summed E-state index contributed by atoms with van der Waals surface area (Å²) in [6, 6.07) is 0. The van der Waals surface area contributed by atoms with Crippen LogP contribution in [0.4, 0.5) is 0 Å². The number of nitrogens with zero attached hydrogens (tertiary/aromatic N) is 1. The van der Waals surface area contributed by atoms with E-state index in [-0.39, 0.29) is 5.54 Å². The number of morpholine rings is 1. The zero-order valence-electron chi connectivity index (χ0n) is 9.75. The Hall–Kier alpha value is -0.120. The van der Waals surface area contributed by atoms with Gasteiger partial charge in [-0.15, -0.1) is 0 Å². The van der Waals surface area contributed by atoms with E-state index in [1.165, 1.54) is 6.42 Å². The Morgan fingerprint density at radius 2 is 2.21 bits per heavy atom. The SMILES string of the molecule is CCC(CN)CN1CCOCC1(C)C. The minimum absolute atomic E-state index is 0.181. The van der Waals surface area contributed by atoms with E-state index in [4.69, 9.17) is 10.5 Å². The summed E-state index contributed by atoms with van der Waals surface area (Å²) in [4.78, 5) is 2.51. The van der Waals surface area contributed by atoms with E-state index in [0.29, 0.717) is 5.92 Å². The molecular weight excluding hydrogens is 176 g/mol. The van der Waals surface area contributed by atoms with Crippen LogP contribution >= 0.6 is 0 Å². The third-order valence-electron chi connectivity index (χ3n) is 3.21. The molecule has 1 atom stereocenters. The van der Waals surface area contributed by atoms with Gasteiger partial charge in [-0.1, -0.05) is 13.3 Å². The minimum Gasteiger partial charge on any atom is -0.378 e. The van der Waals surface area contributed by atoms with Crippen LogP contribution in [0.3, 0.4) is 0 Å². The predicted molar refractivity (Wildman–Crippen MR) is 59.3 cm³/mol. The molecule has 0 aromatic heterocycles. The van der Waals surface area contributed by atoms with Gasteiger partial charge in [-0.2, -0.15) is 0 Å². The summed E-state index contributed by atoms with van der Waals surface area (Å²) < 4.78 is 5.49. The molecule has 1 aliphatic heterocycles. The molecule has 3 heteroatoms. The lowest BCUT2D eigenvalue weighted by atomic mass is 9.98. The molecule has 1 unspecified atom stereocenters. The number of hydrogen-bond acceptors (Lipinski definition) is 3. The number of ether oxygens (including phenoxy) is 1. The molecule has 14 heavy (non-hydrogen) atoms. The van der Waals surface area contributed by atoms with Crippen molar-refractivity contribution in [1.29, 1.82) is 0 Å². The average molecular weight is 200 g/mol. The van der Waals surface area contributed by atoms with Crippen molar-refractivity contribution in [2.24, 2.45) is 11.7 Å². The smallest absolute Gasteiger partial charge is 0.0645 e. The Morgan fingerprint density at radius 1 is 1.50 bits per heavy atom. The van der Waals surface area contributed by atoms with Gasteiger partial charge in [0.05, 0.1) is 13.2 Å². The third kappa shape index (κ3) is 2.94. The van der Waals surface area contributed by atoms with Crippen LogP contribution in [0.5, 0.6) is 0 Å². The minimum atomic E-state index is 0.181. The Morgan fingerprint density at radius 3 is 2.71 bits per heavy atom. The van der Waals surface area contributed by atoms with Crippen LogP contribution in [-0.2, 0) is 4.74 Å². The van der Waals surface area contributed by atoms with E-state index in [9.17, 15) is 0 Å². The molecule has 0 aromatic carbocycles. The summed E-state index contributed by atoms with van der Waals surface area (Å²) in [5.41, 5.74) is 5.91. The first kappa shape index (κ1) is 12.0. The molecule has 0 aliphatic carbocycles. The maximum atomic E-state index is 5.73. The molecule has 0 radical (unpaired) electrons. The first-order valence-electron chi connectivity index (χ1n) is 5.63. The molecule has 1 rings (SSSR count). The molecular formula is C11H24N2O. The Bertz CT molecular complexity index is 167. The molecule has 0 saturated carbocycles. The lowest BCUT2D eigenvalue weighted by Gasteiger charge is -2.43. The fourth-order valence-electron chi connectivity index (χ4n) is 1.91. The summed E-state index contributed by atoms with van der Waals surface area (Å²) >= 11 is 0. The topological polar surface area (TPSA) is 38.5 Å². The number of rotatable bonds is 4. The Labute approximate surface area is 87.6 Å². The highest BCUT2D eigenvalue weighted by atomic mass is 16.5. The number of hydrogen-bond donors (Lipinski definition) is 1. The Balaban J connectivity index is 2.48. The zero-order valence-corrected chi connectivity index (χ0v) is 9.75. The molecule has 2 N–H and O–H groups in total. The highest BCUT2D eigenvalue weighted by molar-refractivity contribution is 4.85. The van der Waals surface area contributed by atoms with Gasteiger partial charge in [0.1, 0.15) is 0 Å². The molecule has 84 valence electrons. The first-order chi connectivity index (χ1) is 6.60. The van der Waals surface area contributed by atoms with E-state index in [2.05, 4.69) is 25.7 Å². The summed E-state index contributed by atoms with van der Waals surface area (Å²) in [5, 5.41) is 0. The fourth-order valence-corrected chi connectivity index (χ4v) is 1.91. The van der Waals surface area contributed by atoms with E-state index in [1.807, 2.05) is 0 Å². The molecule has 0 amide bonds. The van der Waals surface area contributed by atoms with Crippen molar-refractivity contribution in [1.82, 2.24) is 4.90 Å². The van der Waals surface area contributed by atoms with Crippen LogP contribution in [0.15, 0.2) is 0 Å². The highest BCUT2D eigenvalue weighted by Gasteiger charge is 2.31. The quantitative estimate of drug-likeness (QED) is 0.738. The van der Waals surface area contributed by atoms with Gasteiger partial charge in [0.2, 0.25) is 0 Å². The summed E-state index contributed by atoms with van der Waals surface area (Å²) in [6.07, 6.45) is 1.17. The van der Waals surface area contributed by atoms with Crippen LogP contribution < -0.4 is 5.73 Å². The summed E-state index contributed by atoms with van der Waals surface area (Å²) in [5.74, 6) is 0.632. The van der Waals surface area contributed by atoms with E-state index in [1.54, 1.807) is 0 Å². The van der Waals surface area contributed by atoms with Gasteiger partial charge in [-0.25, -0.2) is 0 Å². The van der Waals surface area contributed by atoms with Gasteiger partial charge in [0, 0.05) is 18.6 Å². The van der Waals surface area contributed by atoms with Gasteiger partial charge >= 0.3 is 0 Å². The zero-order chi connectivity index (χ0) is 10.6. The lowest BCUT2D eigenvalue weighted by Crippen LogP contribution is -2.54. The van der Waals surface area contributed by atoms with Crippen molar-refractivity contribution in [3.63, 3.8) is 0 Å². The second kappa shape index (κ2) is 5.10. The van der Waals surface area contributed by atoms with Gasteiger partial charge < -0.3 is 10.5 Å². The van der Waals surface area contributed by atoms with Crippen molar-refractivity contribution < 1.29 is 4.74 Å². The van der Waals surface area contributed by atoms with Crippen LogP contribution in [0.1, 0.15) is 27.2 Å². The molecule has 1 heterocycles. The standard InChI is InChI=1S/C11H24N2O/c1-4-10(7-12)8-13-5-6-14-9-11(13,2)3/h10H,4-9,12H2,1-3H3. The Kier molecular flexibility index (Phi) is 4.35. The third-order valence-corrected chi connectivity index (χ3v) is 3.21. The molecule has 1 aliphatic rings. The van der Waals surface area contributed by atoms with Gasteiger partial charge in [0.25, 0.3) is 0 Å². The predicted octanol–water partition coefficient (Wildman–Crippen LogP) is 1.08. The first-order valence-corrected chi connectivity index (χ1v) is 5.63. The molecule has 1 saturated heterocycles. The van der Waals surface area contributed by atoms with Gasteiger partial charge in [-0.05, 0) is 26.3 Å². The molecule has 0 bridgehead atoms. The summed E-state index contributed by atoms with van der Waals surface area (Å²) in [7, 11) is 0. The van der Waals surface area contributed by atoms with Gasteiger partial charge in [0.15, 0.2) is 0 Å². The second-order valence-corrected chi connectivity index (χ2v) is 4.82. The normalized spacial score (nSPS) is 24.9. The van der Waals surface area contributed by atoms with Crippen LogP contribution in [0.25, 0.3) is 0 Å². The molecule has 1 fully saturated rings. The average Bonchev–Trinajstić information content (AvgIpc) is 2.16. The van der Waals surface area contributed by atoms with Crippen LogP contribution in [-0.4, -0.2) is 43.3 Å². The van der Waals surface area contributed by atoms with Crippen molar-refractivity contribution in [3.8, 4) is 0 Å². The van der Waals surface area contributed by atoms with Crippen molar-refractivity contribution in [3.05, 3.63) is 0 Å². The maximum Gasteiger partial charge on any atom is 0.0645 e. The summed E-state index contributed by atoms with van der Waals surface area (Å²) in [6.45, 7) is 11.4. The number of nitrogens with two attached hydrogens (primary N) is 1. The van der Waals surface area contributed by atoms with Crippen LogP contribution in [0.2, 0.25) is 0 Å². The van der Waals surface area contributed by atoms with Crippen molar-refractivity contribution in [2.75, 3.05) is 32.8 Å². The van der Waals surface area contributed by atoms with E-state index < -0.39 is 0 Å². The van der Waals surface area contributed by atoms with E-state index >= 15 is 0 Å². The molecule has 3 nitrogen and oxygen atoms in total. The fraction of sp³-hybridized carbons (Fsp3) is 1.00. The largest absolute Gasteiger partial charge is 0.378 e. The highest BCUT2D eigenvalue weighted by Crippen LogP contribution is 2.20. The lowest BCUT2D eigenvalue weighted by molar-refractivity contribution is -0.0568. The van der Waals surface area contributed by atoms with Crippen molar-refractivity contribution >= 4 is 0 Å². The second-order valence-electron chi connectivity index (χ2n) is 4.82.